The summed E-state index contributed by atoms with van der Waals surface area (Å²) in [6.07, 6.45) is 6.65. The molecule has 0 saturated carbocycles. The third-order valence-electron chi connectivity index (χ3n) is 4.35. The molecule has 0 bridgehead atoms. The second-order valence-corrected chi connectivity index (χ2v) is 5.45. The third kappa shape index (κ3) is 3.74. The first-order valence-corrected chi connectivity index (χ1v) is 7.17. The van der Waals surface area contributed by atoms with Gasteiger partial charge in [-0.3, -0.25) is 4.90 Å². The predicted molar refractivity (Wildman–Crippen MR) is 71.5 cm³/mol. The van der Waals surface area contributed by atoms with Crippen molar-refractivity contribution in [2.75, 3.05) is 19.6 Å². The number of nitrogens with two attached hydrogens (primary N) is 1. The lowest BCUT2D eigenvalue weighted by Gasteiger charge is -2.35. The lowest BCUT2D eigenvalue weighted by atomic mass is 9.92. The summed E-state index contributed by atoms with van der Waals surface area (Å²) in [6, 6.07) is 0.625. The van der Waals surface area contributed by atoms with Crippen LogP contribution in [0.2, 0.25) is 0 Å². The van der Waals surface area contributed by atoms with Gasteiger partial charge in [-0.1, -0.05) is 33.6 Å². The van der Waals surface area contributed by atoms with E-state index in [-0.39, 0.29) is 0 Å². The molecule has 2 heteroatoms. The van der Waals surface area contributed by atoms with Crippen molar-refractivity contribution in [3.63, 3.8) is 0 Å². The van der Waals surface area contributed by atoms with Crippen molar-refractivity contribution in [2.24, 2.45) is 17.6 Å². The molecular formula is C14H30N2. The van der Waals surface area contributed by atoms with Gasteiger partial charge in [0.1, 0.15) is 0 Å². The Balaban J connectivity index is 2.56. The normalized spacial score (nSPS) is 25.7. The van der Waals surface area contributed by atoms with Gasteiger partial charge in [0.2, 0.25) is 0 Å². The quantitative estimate of drug-likeness (QED) is 0.781. The molecule has 1 aliphatic heterocycles. The summed E-state index contributed by atoms with van der Waals surface area (Å²) < 4.78 is 0. The van der Waals surface area contributed by atoms with Gasteiger partial charge in [0.05, 0.1) is 0 Å². The van der Waals surface area contributed by atoms with E-state index in [1.165, 1.54) is 45.2 Å². The highest BCUT2D eigenvalue weighted by Crippen LogP contribution is 2.23. The lowest BCUT2D eigenvalue weighted by Crippen LogP contribution is -2.45. The van der Waals surface area contributed by atoms with Crippen LogP contribution < -0.4 is 5.73 Å². The molecule has 2 N–H and O–H groups in total. The van der Waals surface area contributed by atoms with Crippen LogP contribution in [0.1, 0.15) is 52.9 Å². The summed E-state index contributed by atoms with van der Waals surface area (Å²) in [5, 5.41) is 0. The van der Waals surface area contributed by atoms with E-state index in [1.54, 1.807) is 0 Å². The number of hydrogen-bond donors (Lipinski definition) is 1. The molecule has 16 heavy (non-hydrogen) atoms. The fraction of sp³-hybridized carbons (Fsp3) is 1.00. The standard InChI is InChI=1S/C14H30N2/c1-4-13(5-2)14(11-15)16-9-6-7-12(3)8-10-16/h12-14H,4-11,15H2,1-3H3. The van der Waals surface area contributed by atoms with E-state index in [2.05, 4.69) is 25.7 Å². The molecule has 0 spiro atoms. The minimum atomic E-state index is 0.625. The maximum atomic E-state index is 6.00. The Hall–Kier alpha value is -0.0800. The molecule has 0 radical (unpaired) electrons. The predicted octanol–water partition coefficient (Wildman–Crippen LogP) is 2.87. The Labute approximate surface area is 102 Å². The summed E-state index contributed by atoms with van der Waals surface area (Å²) in [6.45, 7) is 10.4. The van der Waals surface area contributed by atoms with Crippen LogP contribution in [0.15, 0.2) is 0 Å². The average molecular weight is 226 g/mol. The zero-order valence-electron chi connectivity index (χ0n) is 11.4. The van der Waals surface area contributed by atoms with Gasteiger partial charge < -0.3 is 5.73 Å². The number of nitrogens with zero attached hydrogens (tertiary/aromatic N) is 1. The van der Waals surface area contributed by atoms with E-state index in [0.717, 1.165) is 18.4 Å². The van der Waals surface area contributed by atoms with Gasteiger partial charge in [-0.05, 0) is 44.2 Å². The van der Waals surface area contributed by atoms with Crippen LogP contribution in [0.4, 0.5) is 0 Å². The molecule has 1 saturated heterocycles. The minimum absolute atomic E-state index is 0.625. The summed E-state index contributed by atoms with van der Waals surface area (Å²) in [5.41, 5.74) is 6.00. The van der Waals surface area contributed by atoms with Gasteiger partial charge in [0.25, 0.3) is 0 Å². The van der Waals surface area contributed by atoms with Crippen molar-refractivity contribution in [3.8, 4) is 0 Å². The van der Waals surface area contributed by atoms with Crippen LogP contribution in [0.3, 0.4) is 0 Å². The molecule has 2 unspecified atom stereocenters. The monoisotopic (exact) mass is 226 g/mol. The molecular weight excluding hydrogens is 196 g/mol. The molecule has 2 nitrogen and oxygen atoms in total. The van der Waals surface area contributed by atoms with Crippen LogP contribution in [0.25, 0.3) is 0 Å². The molecule has 0 aromatic rings. The van der Waals surface area contributed by atoms with Crippen molar-refractivity contribution < 1.29 is 0 Å². The van der Waals surface area contributed by atoms with Crippen LogP contribution in [0, 0.1) is 11.8 Å². The van der Waals surface area contributed by atoms with Crippen molar-refractivity contribution in [3.05, 3.63) is 0 Å². The molecule has 1 heterocycles. The van der Waals surface area contributed by atoms with Crippen molar-refractivity contribution in [2.45, 2.75) is 58.9 Å². The zero-order chi connectivity index (χ0) is 12.0. The first-order chi connectivity index (χ1) is 7.72. The second-order valence-electron chi connectivity index (χ2n) is 5.45. The molecule has 96 valence electrons. The molecule has 0 aromatic heterocycles. The summed E-state index contributed by atoms with van der Waals surface area (Å²) >= 11 is 0. The third-order valence-corrected chi connectivity index (χ3v) is 4.35. The minimum Gasteiger partial charge on any atom is -0.329 e. The fourth-order valence-corrected chi connectivity index (χ4v) is 3.09. The van der Waals surface area contributed by atoms with E-state index in [0.29, 0.717) is 6.04 Å². The smallest absolute Gasteiger partial charge is 0.0246 e. The van der Waals surface area contributed by atoms with Crippen LogP contribution in [-0.4, -0.2) is 30.6 Å². The maximum absolute atomic E-state index is 6.00. The molecule has 0 aromatic carbocycles. The molecule has 0 aliphatic carbocycles. The lowest BCUT2D eigenvalue weighted by molar-refractivity contribution is 0.143. The summed E-state index contributed by atoms with van der Waals surface area (Å²) in [7, 11) is 0. The van der Waals surface area contributed by atoms with E-state index >= 15 is 0 Å². The Morgan fingerprint density at radius 1 is 1.19 bits per heavy atom. The van der Waals surface area contributed by atoms with Gasteiger partial charge in [-0.15, -0.1) is 0 Å². The van der Waals surface area contributed by atoms with Crippen LogP contribution >= 0.6 is 0 Å². The fourth-order valence-electron chi connectivity index (χ4n) is 3.09. The largest absolute Gasteiger partial charge is 0.329 e. The summed E-state index contributed by atoms with van der Waals surface area (Å²) in [4.78, 5) is 2.67. The Morgan fingerprint density at radius 2 is 1.88 bits per heavy atom. The van der Waals surface area contributed by atoms with Crippen molar-refractivity contribution in [1.82, 2.24) is 4.90 Å². The van der Waals surface area contributed by atoms with E-state index < -0.39 is 0 Å². The zero-order valence-corrected chi connectivity index (χ0v) is 11.4. The second kappa shape index (κ2) is 7.29. The van der Waals surface area contributed by atoms with E-state index in [9.17, 15) is 0 Å². The van der Waals surface area contributed by atoms with Crippen LogP contribution in [0.5, 0.6) is 0 Å². The van der Waals surface area contributed by atoms with E-state index in [1.807, 2.05) is 0 Å². The van der Waals surface area contributed by atoms with Crippen molar-refractivity contribution in [1.29, 1.82) is 0 Å². The van der Waals surface area contributed by atoms with Crippen LogP contribution in [-0.2, 0) is 0 Å². The highest BCUT2D eigenvalue weighted by Gasteiger charge is 2.25. The first-order valence-electron chi connectivity index (χ1n) is 7.17. The number of rotatable bonds is 5. The Bertz CT molecular complexity index is 178. The maximum Gasteiger partial charge on any atom is 0.0246 e. The van der Waals surface area contributed by atoms with Gasteiger partial charge >= 0.3 is 0 Å². The molecule has 1 aliphatic rings. The van der Waals surface area contributed by atoms with Gasteiger partial charge in [0, 0.05) is 12.6 Å². The number of likely N-dealkylation sites (tertiary alicyclic amines) is 1. The summed E-state index contributed by atoms with van der Waals surface area (Å²) in [5.74, 6) is 1.70. The molecule has 1 rings (SSSR count). The van der Waals surface area contributed by atoms with Gasteiger partial charge in [-0.2, -0.15) is 0 Å². The number of hydrogen-bond acceptors (Lipinski definition) is 2. The average Bonchev–Trinajstić information content (AvgIpc) is 2.51. The highest BCUT2D eigenvalue weighted by atomic mass is 15.2. The molecule has 2 atom stereocenters. The van der Waals surface area contributed by atoms with E-state index in [4.69, 9.17) is 5.73 Å². The molecule has 0 amide bonds. The Kier molecular flexibility index (Phi) is 6.37. The highest BCUT2D eigenvalue weighted by molar-refractivity contribution is 4.81. The topological polar surface area (TPSA) is 29.3 Å². The Morgan fingerprint density at radius 3 is 2.44 bits per heavy atom. The van der Waals surface area contributed by atoms with Gasteiger partial charge in [0.15, 0.2) is 0 Å². The van der Waals surface area contributed by atoms with Gasteiger partial charge in [-0.25, -0.2) is 0 Å². The SMILES string of the molecule is CCC(CC)C(CN)N1CCCC(C)CC1. The first kappa shape index (κ1) is 14.0. The molecule has 1 fully saturated rings. The van der Waals surface area contributed by atoms with Crippen molar-refractivity contribution >= 4 is 0 Å².